The van der Waals surface area contributed by atoms with E-state index in [0.29, 0.717) is 0 Å². The molecule has 0 amide bonds. The van der Waals surface area contributed by atoms with Crippen LogP contribution in [0.15, 0.2) is 50.1 Å². The Morgan fingerprint density at radius 1 is 1.26 bits per heavy atom. The predicted octanol–water partition coefficient (Wildman–Crippen LogP) is -0.227. The lowest BCUT2D eigenvalue weighted by Crippen LogP contribution is -2.42. The fourth-order valence-corrected chi connectivity index (χ4v) is 2.70. The van der Waals surface area contributed by atoms with Crippen LogP contribution in [0.25, 0.3) is 0 Å². The maximum Gasteiger partial charge on any atom is 0.263 e. The molecule has 102 valence electrons. The number of hydrogen-bond donors (Lipinski definition) is 4. The molecule has 0 saturated carbocycles. The summed E-state index contributed by atoms with van der Waals surface area (Å²) in [7, 11) is -3.73. The van der Waals surface area contributed by atoms with Crippen LogP contribution in [0.5, 0.6) is 0 Å². The fourth-order valence-electron chi connectivity index (χ4n) is 1.40. The molecule has 0 radical (unpaired) electrons. The standard InChI is InChI=1S/C10H12BrN5O2S/c11-6-1-3-7(4-2-6)19(17,18)16-10-8(12)9(13)14-5-15-10/h1-4,14H,5,12-13H2,(H,15,16). The number of nitrogens with two attached hydrogens (primary N) is 2. The summed E-state index contributed by atoms with van der Waals surface area (Å²) in [6.45, 7) is 0.171. The highest BCUT2D eigenvalue weighted by atomic mass is 79.9. The predicted molar refractivity (Wildman–Crippen MR) is 75.3 cm³/mol. The molecule has 7 nitrogen and oxygen atoms in total. The Kier molecular flexibility index (Phi) is 3.67. The first-order valence-corrected chi connectivity index (χ1v) is 7.50. The Bertz CT molecular complexity index is 651. The van der Waals surface area contributed by atoms with Gasteiger partial charge in [-0.3, -0.25) is 4.72 Å². The molecule has 0 atom stereocenters. The van der Waals surface area contributed by atoms with E-state index in [2.05, 4.69) is 31.0 Å². The number of benzene rings is 1. The highest BCUT2D eigenvalue weighted by Crippen LogP contribution is 2.15. The van der Waals surface area contributed by atoms with Crippen LogP contribution in [0.1, 0.15) is 0 Å². The van der Waals surface area contributed by atoms with Gasteiger partial charge in [-0.15, -0.1) is 0 Å². The minimum atomic E-state index is -3.73. The third-order valence-electron chi connectivity index (χ3n) is 2.41. The molecule has 0 aliphatic carbocycles. The lowest BCUT2D eigenvalue weighted by Gasteiger charge is -2.18. The second kappa shape index (κ2) is 5.10. The molecular weight excluding hydrogens is 334 g/mol. The number of hydrogen-bond acceptors (Lipinski definition) is 6. The summed E-state index contributed by atoms with van der Waals surface area (Å²) >= 11 is 3.24. The van der Waals surface area contributed by atoms with Crippen molar-refractivity contribution >= 4 is 31.8 Å². The van der Waals surface area contributed by atoms with E-state index in [1.54, 1.807) is 12.1 Å². The Morgan fingerprint density at radius 3 is 2.53 bits per heavy atom. The van der Waals surface area contributed by atoms with E-state index in [9.17, 15) is 8.42 Å². The summed E-state index contributed by atoms with van der Waals surface area (Å²) in [6.07, 6.45) is 0. The molecule has 0 aromatic heterocycles. The van der Waals surface area contributed by atoms with Gasteiger partial charge in [0.15, 0.2) is 5.84 Å². The Hall–Kier alpha value is -1.74. The van der Waals surface area contributed by atoms with Gasteiger partial charge in [-0.1, -0.05) is 15.9 Å². The first-order chi connectivity index (χ1) is 8.90. The van der Waals surface area contributed by atoms with Crippen LogP contribution in [0, 0.1) is 0 Å². The summed E-state index contributed by atoms with van der Waals surface area (Å²) in [5.74, 6) is 0.239. The third-order valence-corrected chi connectivity index (χ3v) is 4.29. The molecule has 0 fully saturated rings. The van der Waals surface area contributed by atoms with Gasteiger partial charge >= 0.3 is 0 Å². The van der Waals surface area contributed by atoms with Crippen molar-refractivity contribution in [3.63, 3.8) is 0 Å². The molecule has 0 unspecified atom stereocenters. The van der Waals surface area contributed by atoms with Crippen molar-refractivity contribution in [3.05, 3.63) is 40.3 Å². The van der Waals surface area contributed by atoms with Gasteiger partial charge in [-0.05, 0) is 24.3 Å². The van der Waals surface area contributed by atoms with E-state index in [1.807, 2.05) is 0 Å². The van der Waals surface area contributed by atoms with E-state index in [0.717, 1.165) is 4.47 Å². The van der Waals surface area contributed by atoms with Gasteiger partial charge in [0.1, 0.15) is 18.2 Å². The summed E-state index contributed by atoms with van der Waals surface area (Å²) in [6, 6.07) is 6.20. The van der Waals surface area contributed by atoms with Gasteiger partial charge in [0, 0.05) is 4.47 Å². The second-order valence-electron chi connectivity index (χ2n) is 3.73. The number of aliphatic imine (C=N–C) groups is 1. The molecule has 19 heavy (non-hydrogen) atoms. The van der Waals surface area contributed by atoms with Crippen molar-refractivity contribution in [2.24, 2.45) is 16.5 Å². The maximum absolute atomic E-state index is 12.1. The average molecular weight is 346 g/mol. The fraction of sp³-hybridized carbons (Fsp3) is 0.100. The van der Waals surface area contributed by atoms with Crippen LogP contribution in [0.4, 0.5) is 0 Å². The molecule has 1 aromatic carbocycles. The van der Waals surface area contributed by atoms with Gasteiger partial charge in [0.2, 0.25) is 0 Å². The summed E-state index contributed by atoms with van der Waals surface area (Å²) in [4.78, 5) is 4.05. The zero-order chi connectivity index (χ0) is 14.0. The first kappa shape index (κ1) is 13.7. The van der Waals surface area contributed by atoms with Crippen LogP contribution in [0.2, 0.25) is 0 Å². The molecular formula is C10H12BrN5O2S. The van der Waals surface area contributed by atoms with Crippen molar-refractivity contribution in [3.8, 4) is 0 Å². The van der Waals surface area contributed by atoms with Gasteiger partial charge in [-0.25, -0.2) is 13.4 Å². The Balaban J connectivity index is 2.28. The Morgan fingerprint density at radius 2 is 1.89 bits per heavy atom. The molecule has 6 N–H and O–H groups in total. The lowest BCUT2D eigenvalue weighted by atomic mass is 10.4. The van der Waals surface area contributed by atoms with Crippen molar-refractivity contribution in [1.82, 2.24) is 10.0 Å². The number of sulfonamides is 1. The second-order valence-corrected chi connectivity index (χ2v) is 6.33. The van der Waals surface area contributed by atoms with Crippen LogP contribution < -0.4 is 21.5 Å². The monoisotopic (exact) mass is 345 g/mol. The SMILES string of the molecule is NC1=C(N)C(NS(=O)(=O)c2ccc(Br)cc2)=NCN1. The molecule has 9 heteroatoms. The van der Waals surface area contributed by atoms with E-state index in [4.69, 9.17) is 11.5 Å². The summed E-state index contributed by atoms with van der Waals surface area (Å²) in [5.41, 5.74) is 11.3. The normalized spacial score (nSPS) is 15.7. The van der Waals surface area contributed by atoms with Crippen LogP contribution in [-0.4, -0.2) is 20.9 Å². The van der Waals surface area contributed by atoms with Crippen molar-refractivity contribution in [2.45, 2.75) is 4.90 Å². The minimum absolute atomic E-state index is 0.0409. The zero-order valence-corrected chi connectivity index (χ0v) is 12.1. The number of halogens is 1. The lowest BCUT2D eigenvalue weighted by molar-refractivity contribution is 0.592. The topological polar surface area (TPSA) is 123 Å². The summed E-state index contributed by atoms with van der Waals surface area (Å²) in [5, 5.41) is 2.70. The minimum Gasteiger partial charge on any atom is -0.393 e. The van der Waals surface area contributed by atoms with Crippen molar-refractivity contribution in [2.75, 3.05) is 6.67 Å². The maximum atomic E-state index is 12.1. The molecule has 1 aliphatic heterocycles. The van der Waals surface area contributed by atoms with E-state index in [1.165, 1.54) is 12.1 Å². The molecule has 1 aromatic rings. The average Bonchev–Trinajstić information content (AvgIpc) is 2.35. The zero-order valence-electron chi connectivity index (χ0n) is 9.72. The highest BCUT2D eigenvalue weighted by Gasteiger charge is 2.20. The first-order valence-electron chi connectivity index (χ1n) is 5.22. The van der Waals surface area contributed by atoms with Crippen molar-refractivity contribution < 1.29 is 8.42 Å². The van der Waals surface area contributed by atoms with Crippen LogP contribution >= 0.6 is 15.9 Å². The number of rotatable bonds is 2. The third kappa shape index (κ3) is 2.99. The molecule has 1 heterocycles. The Labute approximate surface area is 118 Å². The van der Waals surface area contributed by atoms with Gasteiger partial charge in [0.05, 0.1) is 4.90 Å². The molecule has 2 rings (SSSR count). The summed E-state index contributed by atoms with van der Waals surface area (Å²) < 4.78 is 27.3. The van der Waals surface area contributed by atoms with E-state index < -0.39 is 10.0 Å². The largest absolute Gasteiger partial charge is 0.393 e. The van der Waals surface area contributed by atoms with Crippen LogP contribution in [-0.2, 0) is 10.0 Å². The quantitative estimate of drug-likeness (QED) is 0.589. The molecule has 0 spiro atoms. The van der Waals surface area contributed by atoms with Gasteiger partial charge in [-0.2, -0.15) is 0 Å². The number of amidine groups is 1. The van der Waals surface area contributed by atoms with Crippen molar-refractivity contribution in [1.29, 1.82) is 0 Å². The number of nitrogens with one attached hydrogen (secondary N) is 2. The van der Waals surface area contributed by atoms with Gasteiger partial charge in [0.25, 0.3) is 10.0 Å². The molecule has 1 aliphatic rings. The highest BCUT2D eigenvalue weighted by molar-refractivity contribution is 9.10. The van der Waals surface area contributed by atoms with E-state index >= 15 is 0 Å². The smallest absolute Gasteiger partial charge is 0.263 e. The number of nitrogens with zero attached hydrogens (tertiary/aromatic N) is 1. The van der Waals surface area contributed by atoms with Gasteiger partial charge < -0.3 is 16.8 Å². The molecule has 0 bridgehead atoms. The molecule has 0 saturated heterocycles. The van der Waals surface area contributed by atoms with E-state index in [-0.39, 0.29) is 28.9 Å². The van der Waals surface area contributed by atoms with Crippen LogP contribution in [0.3, 0.4) is 0 Å².